The smallest absolute Gasteiger partial charge is 0.338 e. The molecule has 2 fully saturated rings. The van der Waals surface area contributed by atoms with Crippen LogP contribution in [0.2, 0.25) is 0 Å². The second-order valence-corrected chi connectivity index (χ2v) is 8.03. The van der Waals surface area contributed by atoms with Gasteiger partial charge in [-0.1, -0.05) is 12.8 Å². The molecule has 170 valence electrons. The molecular formula is C19H23N7O6. The minimum atomic E-state index is -1.31. The number of nitrogens with zero attached hydrogens (tertiary/aromatic N) is 6. The molecule has 4 heterocycles. The molecule has 1 aliphatic carbocycles. The molecule has 13 heteroatoms. The van der Waals surface area contributed by atoms with Gasteiger partial charge >= 0.3 is 5.97 Å². The minimum Gasteiger partial charge on any atom is -0.478 e. The number of aromatic nitrogens is 6. The van der Waals surface area contributed by atoms with Crippen LogP contribution in [-0.2, 0) is 4.74 Å². The van der Waals surface area contributed by atoms with Gasteiger partial charge in [0.2, 0.25) is 0 Å². The topological polar surface area (TPSA) is 181 Å². The zero-order chi connectivity index (χ0) is 22.4. The molecule has 5 rings (SSSR count). The van der Waals surface area contributed by atoms with Crippen LogP contribution in [0.25, 0.3) is 17.1 Å². The number of carbonyl (C=O) groups is 1. The van der Waals surface area contributed by atoms with Gasteiger partial charge in [-0.25, -0.2) is 14.5 Å². The van der Waals surface area contributed by atoms with Crippen LogP contribution in [-0.4, -0.2) is 86.7 Å². The number of ether oxygens (including phenoxy) is 1. The highest BCUT2D eigenvalue weighted by atomic mass is 16.6. The Morgan fingerprint density at radius 2 is 2.00 bits per heavy atom. The van der Waals surface area contributed by atoms with E-state index in [0.29, 0.717) is 17.0 Å². The lowest BCUT2D eigenvalue weighted by Gasteiger charge is -2.18. The van der Waals surface area contributed by atoms with Gasteiger partial charge in [-0.2, -0.15) is 15.1 Å². The normalized spacial score (nSPS) is 26.2. The van der Waals surface area contributed by atoms with Crippen LogP contribution in [0.4, 0.5) is 5.82 Å². The van der Waals surface area contributed by atoms with Crippen LogP contribution in [0.3, 0.4) is 0 Å². The molecule has 1 saturated carbocycles. The number of carboxylic acid groups (broad SMARTS) is 1. The molecule has 0 spiro atoms. The quantitative estimate of drug-likeness (QED) is 0.335. The molecule has 4 atom stereocenters. The summed E-state index contributed by atoms with van der Waals surface area (Å²) in [6.45, 7) is -0.457. The van der Waals surface area contributed by atoms with E-state index < -0.39 is 37.1 Å². The van der Waals surface area contributed by atoms with E-state index in [0.717, 1.165) is 25.7 Å². The standard InChI is InChI=1S/C19H23N7O6/c27-7-11-13(28)14(29)17(32-11)25-8-20-12-15(22-10-3-1-2-4-10)23-19(24-16(12)25)26-6-9(5-21-26)18(30)31/h5-6,8,10-11,13-14,17,27-29H,1-4,7H2,(H,30,31)(H,22,23,24)/t11-,13-,14+,17?/m1/s1. The number of carboxylic acids is 1. The summed E-state index contributed by atoms with van der Waals surface area (Å²) in [4.78, 5) is 24.7. The van der Waals surface area contributed by atoms with E-state index in [9.17, 15) is 25.2 Å². The zero-order valence-electron chi connectivity index (χ0n) is 16.9. The highest BCUT2D eigenvalue weighted by molar-refractivity contribution is 5.87. The van der Waals surface area contributed by atoms with Crippen molar-refractivity contribution in [2.24, 2.45) is 0 Å². The van der Waals surface area contributed by atoms with Gasteiger partial charge in [0.15, 0.2) is 23.2 Å². The molecule has 0 amide bonds. The summed E-state index contributed by atoms with van der Waals surface area (Å²) in [5, 5.41) is 46.7. The molecule has 3 aromatic heterocycles. The van der Waals surface area contributed by atoms with Gasteiger partial charge in [-0.05, 0) is 12.8 Å². The van der Waals surface area contributed by atoms with E-state index in [-0.39, 0.29) is 17.6 Å². The summed E-state index contributed by atoms with van der Waals surface area (Å²) in [7, 11) is 0. The third kappa shape index (κ3) is 3.48. The van der Waals surface area contributed by atoms with Gasteiger partial charge in [0.25, 0.3) is 5.95 Å². The van der Waals surface area contributed by atoms with Gasteiger partial charge in [-0.3, -0.25) is 4.57 Å². The molecule has 32 heavy (non-hydrogen) atoms. The van der Waals surface area contributed by atoms with E-state index in [1.54, 1.807) is 0 Å². The lowest BCUT2D eigenvalue weighted by Crippen LogP contribution is -2.33. The fourth-order valence-corrected chi connectivity index (χ4v) is 4.21. The third-order valence-electron chi connectivity index (χ3n) is 5.93. The Morgan fingerprint density at radius 1 is 1.22 bits per heavy atom. The average molecular weight is 445 g/mol. The van der Waals surface area contributed by atoms with Gasteiger partial charge < -0.3 is 30.5 Å². The van der Waals surface area contributed by atoms with Gasteiger partial charge in [-0.15, -0.1) is 0 Å². The summed E-state index contributed by atoms with van der Waals surface area (Å²) in [5.41, 5.74) is 0.720. The van der Waals surface area contributed by atoms with Crippen LogP contribution in [0.15, 0.2) is 18.7 Å². The van der Waals surface area contributed by atoms with Crippen LogP contribution >= 0.6 is 0 Å². The van der Waals surface area contributed by atoms with Crippen molar-refractivity contribution < 1.29 is 30.0 Å². The van der Waals surface area contributed by atoms with Gasteiger partial charge in [0.05, 0.1) is 24.7 Å². The molecule has 2 aliphatic rings. The summed E-state index contributed by atoms with van der Waals surface area (Å²) < 4.78 is 8.35. The number of aliphatic hydroxyl groups excluding tert-OH is 3. The molecule has 13 nitrogen and oxygen atoms in total. The second-order valence-electron chi connectivity index (χ2n) is 8.03. The number of imidazole rings is 1. The van der Waals surface area contributed by atoms with Crippen molar-refractivity contribution in [3.63, 3.8) is 0 Å². The Kier molecular flexibility index (Phi) is 5.25. The van der Waals surface area contributed by atoms with E-state index in [4.69, 9.17) is 4.74 Å². The monoisotopic (exact) mass is 445 g/mol. The number of aromatic carboxylic acids is 1. The largest absolute Gasteiger partial charge is 0.478 e. The summed E-state index contributed by atoms with van der Waals surface area (Å²) in [6.07, 6.45) is 3.56. The summed E-state index contributed by atoms with van der Waals surface area (Å²) in [6, 6.07) is 0.215. The van der Waals surface area contributed by atoms with Crippen LogP contribution < -0.4 is 5.32 Å². The molecule has 0 aromatic carbocycles. The molecule has 5 N–H and O–H groups in total. The van der Waals surface area contributed by atoms with Crippen LogP contribution in [0.5, 0.6) is 0 Å². The Morgan fingerprint density at radius 3 is 2.66 bits per heavy atom. The van der Waals surface area contributed by atoms with Crippen molar-refractivity contribution in [2.75, 3.05) is 11.9 Å². The maximum absolute atomic E-state index is 11.3. The van der Waals surface area contributed by atoms with E-state index in [2.05, 4.69) is 25.4 Å². The SMILES string of the molecule is O=C(O)c1cnn(-c2nc(NC3CCCC3)c3ncn(C4O[C@H](CO)[C@@H](O)[C@@H]4O)c3n2)c1. The number of fused-ring (bicyclic) bond motifs is 1. The number of hydrogen-bond acceptors (Lipinski definition) is 10. The summed E-state index contributed by atoms with van der Waals surface area (Å²) in [5.74, 6) is -0.563. The predicted molar refractivity (Wildman–Crippen MR) is 108 cm³/mol. The van der Waals surface area contributed by atoms with Crippen LogP contribution in [0.1, 0.15) is 42.3 Å². The minimum absolute atomic E-state index is 0.0176. The number of aliphatic hydroxyl groups is 3. The van der Waals surface area contributed by atoms with Crippen molar-refractivity contribution in [1.29, 1.82) is 0 Å². The molecule has 1 unspecified atom stereocenters. The van der Waals surface area contributed by atoms with Crippen molar-refractivity contribution in [2.45, 2.75) is 56.3 Å². The van der Waals surface area contributed by atoms with Crippen molar-refractivity contribution in [3.05, 3.63) is 24.3 Å². The highest BCUT2D eigenvalue weighted by Crippen LogP contribution is 2.33. The van der Waals surface area contributed by atoms with Gasteiger partial charge in [0.1, 0.15) is 18.3 Å². The van der Waals surface area contributed by atoms with Crippen molar-refractivity contribution in [1.82, 2.24) is 29.3 Å². The average Bonchev–Trinajstić information content (AvgIpc) is 3.56. The maximum Gasteiger partial charge on any atom is 0.338 e. The Balaban J connectivity index is 1.61. The first-order valence-corrected chi connectivity index (χ1v) is 10.4. The van der Waals surface area contributed by atoms with Gasteiger partial charge in [0, 0.05) is 12.2 Å². The molecule has 1 aliphatic heterocycles. The fraction of sp³-hybridized carbons (Fsp3) is 0.526. The molecule has 0 radical (unpaired) electrons. The number of hydrogen-bond donors (Lipinski definition) is 5. The third-order valence-corrected chi connectivity index (χ3v) is 5.93. The molecule has 0 bridgehead atoms. The predicted octanol–water partition coefficient (Wildman–Crippen LogP) is -0.324. The number of anilines is 1. The lowest BCUT2D eigenvalue weighted by atomic mass is 10.1. The molecule has 3 aromatic rings. The maximum atomic E-state index is 11.3. The van der Waals surface area contributed by atoms with Crippen LogP contribution in [0, 0.1) is 0 Å². The van der Waals surface area contributed by atoms with Crippen molar-refractivity contribution >= 4 is 23.0 Å². The first kappa shape index (κ1) is 20.8. The Hall–Kier alpha value is -3.13. The Labute approximate surface area is 181 Å². The first-order chi connectivity index (χ1) is 15.5. The number of rotatable bonds is 6. The van der Waals surface area contributed by atoms with Crippen molar-refractivity contribution in [3.8, 4) is 5.95 Å². The number of nitrogens with one attached hydrogen (secondary N) is 1. The fourth-order valence-electron chi connectivity index (χ4n) is 4.21. The van der Waals surface area contributed by atoms with E-state index in [1.165, 1.54) is 28.0 Å². The second kappa shape index (κ2) is 8.09. The molecule has 1 saturated heterocycles. The van der Waals surface area contributed by atoms with E-state index in [1.807, 2.05) is 0 Å². The molecular weight excluding hydrogens is 422 g/mol. The highest BCUT2D eigenvalue weighted by Gasteiger charge is 2.44. The Bertz CT molecular complexity index is 1140. The van der Waals surface area contributed by atoms with E-state index >= 15 is 0 Å². The summed E-state index contributed by atoms with van der Waals surface area (Å²) >= 11 is 0. The lowest BCUT2D eigenvalue weighted by molar-refractivity contribution is -0.0511. The zero-order valence-corrected chi connectivity index (χ0v) is 16.9. The first-order valence-electron chi connectivity index (χ1n) is 10.4.